The lowest BCUT2D eigenvalue weighted by Gasteiger charge is -2.14. The molecular weight excluding hydrogens is 250 g/mol. The van der Waals surface area contributed by atoms with Crippen LogP contribution in [0.1, 0.15) is 5.56 Å². The molecule has 0 aliphatic heterocycles. The Bertz CT molecular complexity index is 421. The number of nitrogens with two attached hydrogens (primary N) is 1. The number of hydrogen-bond acceptors (Lipinski definition) is 5. The molecule has 0 aromatic heterocycles. The molecule has 0 aliphatic carbocycles. The monoisotopic (exact) mass is 269 g/mol. The van der Waals surface area contributed by atoms with E-state index in [0.717, 1.165) is 5.56 Å². The number of aliphatic carboxylic acids is 1. The Morgan fingerprint density at radius 3 is 2.68 bits per heavy atom. The van der Waals surface area contributed by atoms with Crippen LogP contribution in [0.5, 0.6) is 11.5 Å². The summed E-state index contributed by atoms with van der Waals surface area (Å²) in [6.07, 6.45) is 0.196. The molecule has 0 unspecified atom stereocenters. The highest BCUT2D eigenvalue weighted by atomic mass is 16.5. The van der Waals surface area contributed by atoms with Crippen LogP contribution in [0, 0.1) is 0 Å². The molecule has 0 heterocycles. The van der Waals surface area contributed by atoms with Gasteiger partial charge in [-0.1, -0.05) is 6.07 Å². The van der Waals surface area contributed by atoms with Crippen molar-refractivity contribution in [2.75, 3.05) is 27.4 Å². The first kappa shape index (κ1) is 15.3. The van der Waals surface area contributed by atoms with E-state index in [1.165, 1.54) is 0 Å². The number of ether oxygens (including phenoxy) is 3. The standard InChI is InChI=1S/C13H19NO5/c1-17-5-6-19-12-8-10(18-2)4-3-9(12)7-11(14)13(15)16/h3-4,8,11H,5-7,14H2,1-2H3,(H,15,16)/t11-/m0/s1. The summed E-state index contributed by atoms with van der Waals surface area (Å²) in [6.45, 7) is 0.820. The first-order chi connectivity index (χ1) is 9.08. The topological polar surface area (TPSA) is 91.0 Å². The van der Waals surface area contributed by atoms with Crippen LogP contribution in [0.3, 0.4) is 0 Å². The summed E-state index contributed by atoms with van der Waals surface area (Å²) in [5.41, 5.74) is 6.26. The third kappa shape index (κ3) is 4.76. The molecule has 106 valence electrons. The van der Waals surface area contributed by atoms with Gasteiger partial charge in [0, 0.05) is 19.6 Å². The van der Waals surface area contributed by atoms with Gasteiger partial charge in [0.15, 0.2) is 0 Å². The van der Waals surface area contributed by atoms with Gasteiger partial charge in [0.1, 0.15) is 24.1 Å². The molecule has 6 nitrogen and oxygen atoms in total. The smallest absolute Gasteiger partial charge is 0.320 e. The van der Waals surface area contributed by atoms with Gasteiger partial charge >= 0.3 is 5.97 Å². The van der Waals surface area contributed by atoms with Crippen molar-refractivity contribution in [2.45, 2.75) is 12.5 Å². The zero-order valence-corrected chi connectivity index (χ0v) is 11.1. The molecule has 0 aliphatic rings. The van der Waals surface area contributed by atoms with Gasteiger partial charge < -0.3 is 25.1 Å². The van der Waals surface area contributed by atoms with Crippen molar-refractivity contribution in [3.05, 3.63) is 23.8 Å². The summed E-state index contributed by atoms with van der Waals surface area (Å²) in [6, 6.07) is 4.24. The maximum atomic E-state index is 10.8. The molecule has 0 spiro atoms. The van der Waals surface area contributed by atoms with Crippen LogP contribution in [-0.4, -0.2) is 44.6 Å². The Morgan fingerprint density at radius 1 is 1.37 bits per heavy atom. The number of benzene rings is 1. The van der Waals surface area contributed by atoms with E-state index >= 15 is 0 Å². The second kappa shape index (κ2) is 7.60. The van der Waals surface area contributed by atoms with E-state index in [2.05, 4.69) is 0 Å². The summed E-state index contributed by atoms with van der Waals surface area (Å²) in [7, 11) is 3.13. The summed E-state index contributed by atoms with van der Waals surface area (Å²) in [5, 5.41) is 8.84. The van der Waals surface area contributed by atoms with E-state index in [1.807, 2.05) is 0 Å². The van der Waals surface area contributed by atoms with Gasteiger partial charge in [-0.2, -0.15) is 0 Å². The number of methoxy groups -OCH3 is 2. The maximum absolute atomic E-state index is 10.8. The molecule has 1 aromatic rings. The third-order valence-corrected chi connectivity index (χ3v) is 2.58. The Labute approximate surface area is 112 Å². The highest BCUT2D eigenvalue weighted by molar-refractivity contribution is 5.73. The fourth-order valence-corrected chi connectivity index (χ4v) is 1.52. The minimum atomic E-state index is -1.04. The van der Waals surface area contributed by atoms with Crippen LogP contribution >= 0.6 is 0 Å². The zero-order chi connectivity index (χ0) is 14.3. The second-order valence-corrected chi connectivity index (χ2v) is 3.96. The van der Waals surface area contributed by atoms with Crippen molar-refractivity contribution in [3.63, 3.8) is 0 Å². The summed E-state index contributed by atoms with van der Waals surface area (Å²) in [4.78, 5) is 10.8. The molecule has 0 saturated carbocycles. The molecule has 3 N–H and O–H groups in total. The minimum absolute atomic E-state index is 0.196. The number of carboxylic acid groups (broad SMARTS) is 1. The van der Waals surface area contributed by atoms with Crippen molar-refractivity contribution >= 4 is 5.97 Å². The molecule has 0 saturated heterocycles. The highest BCUT2D eigenvalue weighted by Crippen LogP contribution is 2.25. The van der Waals surface area contributed by atoms with Gasteiger partial charge in [0.05, 0.1) is 13.7 Å². The average Bonchev–Trinajstić information content (AvgIpc) is 2.40. The lowest BCUT2D eigenvalue weighted by Crippen LogP contribution is -2.32. The molecule has 0 amide bonds. The Kier molecular flexibility index (Phi) is 6.11. The number of hydrogen-bond donors (Lipinski definition) is 2. The summed E-state index contributed by atoms with van der Waals surface area (Å²) in [5.74, 6) is 0.159. The van der Waals surface area contributed by atoms with Gasteiger partial charge in [0.25, 0.3) is 0 Å². The van der Waals surface area contributed by atoms with Crippen LogP contribution in [0.4, 0.5) is 0 Å². The molecule has 6 heteroatoms. The van der Waals surface area contributed by atoms with Gasteiger partial charge in [-0.15, -0.1) is 0 Å². The lowest BCUT2D eigenvalue weighted by molar-refractivity contribution is -0.138. The number of rotatable bonds is 8. The molecule has 0 bridgehead atoms. The first-order valence-corrected chi connectivity index (χ1v) is 5.85. The van der Waals surface area contributed by atoms with Gasteiger partial charge in [0.2, 0.25) is 0 Å². The van der Waals surface area contributed by atoms with Crippen LogP contribution in [0.2, 0.25) is 0 Å². The van der Waals surface area contributed by atoms with Crippen molar-refractivity contribution in [2.24, 2.45) is 5.73 Å². The van der Waals surface area contributed by atoms with E-state index in [1.54, 1.807) is 32.4 Å². The van der Waals surface area contributed by atoms with Crippen LogP contribution in [0.15, 0.2) is 18.2 Å². The van der Waals surface area contributed by atoms with Crippen LogP contribution in [0.25, 0.3) is 0 Å². The van der Waals surface area contributed by atoms with Crippen LogP contribution in [-0.2, 0) is 16.0 Å². The van der Waals surface area contributed by atoms with Gasteiger partial charge in [-0.25, -0.2) is 0 Å². The summed E-state index contributed by atoms with van der Waals surface area (Å²) < 4.78 is 15.6. The predicted octanol–water partition coefficient (Wildman–Crippen LogP) is 0.675. The Morgan fingerprint density at radius 2 is 2.11 bits per heavy atom. The van der Waals surface area contributed by atoms with Crippen molar-refractivity contribution in [1.29, 1.82) is 0 Å². The van der Waals surface area contributed by atoms with Crippen LogP contribution < -0.4 is 15.2 Å². The van der Waals surface area contributed by atoms with E-state index in [4.69, 9.17) is 25.1 Å². The quantitative estimate of drug-likeness (QED) is 0.674. The fraction of sp³-hybridized carbons (Fsp3) is 0.462. The van der Waals surface area contributed by atoms with Crippen molar-refractivity contribution in [3.8, 4) is 11.5 Å². The Hall–Kier alpha value is -1.79. The SMILES string of the molecule is COCCOc1cc(OC)ccc1C[C@H](N)C(=O)O. The maximum Gasteiger partial charge on any atom is 0.320 e. The zero-order valence-electron chi connectivity index (χ0n) is 11.1. The molecule has 1 aromatic carbocycles. The van der Waals surface area contributed by atoms with E-state index in [9.17, 15) is 4.79 Å². The van der Waals surface area contributed by atoms with E-state index in [-0.39, 0.29) is 6.42 Å². The normalized spacial score (nSPS) is 11.9. The van der Waals surface area contributed by atoms with E-state index in [0.29, 0.717) is 24.7 Å². The largest absolute Gasteiger partial charge is 0.497 e. The lowest BCUT2D eigenvalue weighted by atomic mass is 10.1. The van der Waals surface area contributed by atoms with Gasteiger partial charge in [-0.3, -0.25) is 4.79 Å². The third-order valence-electron chi connectivity index (χ3n) is 2.58. The molecule has 1 atom stereocenters. The van der Waals surface area contributed by atoms with Gasteiger partial charge in [-0.05, 0) is 11.6 Å². The number of carbonyl (C=O) groups is 1. The Balaban J connectivity index is 2.84. The highest BCUT2D eigenvalue weighted by Gasteiger charge is 2.15. The fourth-order valence-electron chi connectivity index (χ4n) is 1.52. The molecule has 0 fully saturated rings. The molecule has 0 radical (unpaired) electrons. The average molecular weight is 269 g/mol. The van der Waals surface area contributed by atoms with E-state index < -0.39 is 12.0 Å². The van der Waals surface area contributed by atoms with Crippen molar-refractivity contribution in [1.82, 2.24) is 0 Å². The number of carboxylic acids is 1. The summed E-state index contributed by atoms with van der Waals surface area (Å²) >= 11 is 0. The predicted molar refractivity (Wildman–Crippen MR) is 69.7 cm³/mol. The minimum Gasteiger partial charge on any atom is -0.497 e. The van der Waals surface area contributed by atoms with Crippen molar-refractivity contribution < 1.29 is 24.1 Å². The molecular formula is C13H19NO5. The molecule has 19 heavy (non-hydrogen) atoms. The first-order valence-electron chi connectivity index (χ1n) is 5.85. The molecule has 1 rings (SSSR count). The second-order valence-electron chi connectivity index (χ2n) is 3.96.